The molecule has 3 aromatic carbocycles. The van der Waals surface area contributed by atoms with Crippen molar-refractivity contribution >= 4 is 61.9 Å². The molecular weight excluding hydrogens is 556 g/mol. The number of nitrogens with one attached hydrogen (secondary N) is 2. The summed E-state index contributed by atoms with van der Waals surface area (Å²) in [5, 5.41) is 16.0. The second-order valence-electron chi connectivity index (χ2n) is 8.35. The average Bonchev–Trinajstić information content (AvgIpc) is 3.55. The number of para-hydroxylation sites is 1. The van der Waals surface area contributed by atoms with Gasteiger partial charge in [0.15, 0.2) is 16.1 Å². The summed E-state index contributed by atoms with van der Waals surface area (Å²) in [5.41, 5.74) is 2.91. The second-order valence-corrected chi connectivity index (χ2v) is 10.7. The third kappa shape index (κ3) is 6.06. The Kier molecular flexibility index (Phi) is 8.10. The van der Waals surface area contributed by atoms with Crippen LogP contribution in [0.4, 0.5) is 5.13 Å². The molecule has 0 saturated carbocycles. The number of amides is 2. The van der Waals surface area contributed by atoms with Crippen LogP contribution in [0.15, 0.2) is 71.9 Å². The minimum atomic E-state index is -0.264. The van der Waals surface area contributed by atoms with Crippen LogP contribution in [0.25, 0.3) is 15.9 Å². The van der Waals surface area contributed by atoms with Crippen LogP contribution in [0.3, 0.4) is 0 Å². The van der Waals surface area contributed by atoms with Crippen LogP contribution in [-0.2, 0) is 11.3 Å². The van der Waals surface area contributed by atoms with Crippen molar-refractivity contribution in [1.82, 2.24) is 25.1 Å². The maximum absolute atomic E-state index is 12.8. The van der Waals surface area contributed by atoms with Crippen molar-refractivity contribution in [3.05, 3.63) is 88.7 Å². The van der Waals surface area contributed by atoms with Gasteiger partial charge in [-0.2, -0.15) is 0 Å². The zero-order chi connectivity index (χ0) is 27.4. The lowest BCUT2D eigenvalue weighted by Gasteiger charge is -2.14. The van der Waals surface area contributed by atoms with Gasteiger partial charge in [-0.3, -0.25) is 14.2 Å². The Bertz CT molecular complexity index is 1620. The largest absolute Gasteiger partial charge is 0.497 e. The standard InChI is InChI=1S/C27H23ClN6O3S2/c1-16-19(28)6-5-8-21(16)34-23(14-29-25(36)17-10-12-18(37-2)13-11-17)32-33-27(34)38-15-24(35)31-26-30-20-7-3-4-9-22(20)39-26/h3-13H,14-15H2,1-2H3,(H,29,36)(H,30,31,35). The zero-order valence-corrected chi connectivity index (χ0v) is 23.4. The van der Waals surface area contributed by atoms with E-state index >= 15 is 0 Å². The number of halogens is 1. The number of ether oxygens (including phenoxy) is 1. The van der Waals surface area contributed by atoms with Crippen molar-refractivity contribution in [2.45, 2.75) is 18.6 Å². The number of nitrogens with zero attached hydrogens (tertiary/aromatic N) is 4. The lowest BCUT2D eigenvalue weighted by Crippen LogP contribution is -2.24. The molecule has 0 aliphatic carbocycles. The quantitative estimate of drug-likeness (QED) is 0.222. The van der Waals surface area contributed by atoms with Gasteiger partial charge < -0.3 is 15.4 Å². The second kappa shape index (κ2) is 11.9. The van der Waals surface area contributed by atoms with Gasteiger partial charge in [-0.15, -0.1) is 10.2 Å². The van der Waals surface area contributed by atoms with Gasteiger partial charge in [-0.05, 0) is 61.0 Å². The summed E-state index contributed by atoms with van der Waals surface area (Å²) < 4.78 is 7.96. The minimum absolute atomic E-state index is 0.0892. The van der Waals surface area contributed by atoms with E-state index in [9.17, 15) is 9.59 Å². The number of carbonyl (C=O) groups is 2. The van der Waals surface area contributed by atoms with E-state index in [1.807, 2.05) is 47.9 Å². The normalized spacial score (nSPS) is 10.9. The third-order valence-corrected chi connectivity index (χ3v) is 8.10. The van der Waals surface area contributed by atoms with E-state index in [1.54, 1.807) is 37.4 Å². The molecule has 0 fully saturated rings. The van der Waals surface area contributed by atoms with Gasteiger partial charge in [0.05, 0.1) is 35.3 Å². The first-order valence-electron chi connectivity index (χ1n) is 11.8. The lowest BCUT2D eigenvalue weighted by molar-refractivity contribution is -0.113. The van der Waals surface area contributed by atoms with Crippen LogP contribution < -0.4 is 15.4 Å². The number of hydrogen-bond donors (Lipinski definition) is 2. The number of aromatic nitrogens is 4. The number of carbonyl (C=O) groups excluding carboxylic acids is 2. The van der Waals surface area contributed by atoms with Crippen molar-refractivity contribution in [2.24, 2.45) is 0 Å². The monoisotopic (exact) mass is 578 g/mol. The molecule has 5 rings (SSSR count). The molecule has 0 saturated heterocycles. The van der Waals surface area contributed by atoms with Crippen LogP contribution in [0.1, 0.15) is 21.7 Å². The maximum atomic E-state index is 12.8. The summed E-state index contributed by atoms with van der Waals surface area (Å²) in [7, 11) is 1.57. The minimum Gasteiger partial charge on any atom is -0.497 e. The van der Waals surface area contributed by atoms with Crippen molar-refractivity contribution in [3.8, 4) is 11.4 Å². The molecule has 0 unspecified atom stereocenters. The van der Waals surface area contributed by atoms with Crippen molar-refractivity contribution < 1.29 is 14.3 Å². The molecule has 12 heteroatoms. The number of methoxy groups -OCH3 is 1. The molecule has 9 nitrogen and oxygen atoms in total. The van der Waals surface area contributed by atoms with Crippen LogP contribution in [0.2, 0.25) is 5.02 Å². The first kappa shape index (κ1) is 26.7. The molecule has 2 heterocycles. The smallest absolute Gasteiger partial charge is 0.251 e. The lowest BCUT2D eigenvalue weighted by atomic mass is 10.2. The van der Waals surface area contributed by atoms with Crippen LogP contribution in [0.5, 0.6) is 5.75 Å². The zero-order valence-electron chi connectivity index (χ0n) is 21.0. The van der Waals surface area contributed by atoms with E-state index in [-0.39, 0.29) is 24.1 Å². The van der Waals surface area contributed by atoms with Gasteiger partial charge >= 0.3 is 0 Å². The highest BCUT2D eigenvalue weighted by Crippen LogP contribution is 2.29. The number of benzene rings is 3. The molecule has 5 aromatic rings. The molecular formula is C27H23ClN6O3S2. The summed E-state index contributed by atoms with van der Waals surface area (Å²) in [5.74, 6) is 0.768. The Hall–Kier alpha value is -3.93. The molecule has 0 atom stereocenters. The van der Waals surface area contributed by atoms with Gasteiger partial charge in [-0.1, -0.05) is 52.9 Å². The van der Waals surface area contributed by atoms with E-state index in [2.05, 4.69) is 25.8 Å². The molecule has 2 aromatic heterocycles. The Labute approximate surface area is 237 Å². The van der Waals surface area contributed by atoms with Crippen LogP contribution in [-0.4, -0.2) is 44.4 Å². The predicted octanol–water partition coefficient (Wildman–Crippen LogP) is 5.51. The van der Waals surface area contributed by atoms with Crippen molar-refractivity contribution in [2.75, 3.05) is 18.2 Å². The van der Waals surface area contributed by atoms with Crippen molar-refractivity contribution in [3.63, 3.8) is 0 Å². The molecule has 39 heavy (non-hydrogen) atoms. The highest BCUT2D eigenvalue weighted by atomic mass is 35.5. The number of rotatable bonds is 9. The molecule has 0 aliphatic rings. The van der Waals surface area contributed by atoms with E-state index in [0.29, 0.717) is 32.4 Å². The first-order chi connectivity index (χ1) is 18.9. The van der Waals surface area contributed by atoms with Gasteiger partial charge in [-0.25, -0.2) is 4.98 Å². The summed E-state index contributed by atoms with van der Waals surface area (Å²) in [4.78, 5) is 30.0. The summed E-state index contributed by atoms with van der Waals surface area (Å²) in [6.07, 6.45) is 0. The Morgan fingerprint density at radius 2 is 1.85 bits per heavy atom. The highest BCUT2D eigenvalue weighted by Gasteiger charge is 2.19. The van der Waals surface area contributed by atoms with Gasteiger partial charge in [0.2, 0.25) is 5.91 Å². The van der Waals surface area contributed by atoms with Gasteiger partial charge in [0.1, 0.15) is 5.75 Å². The molecule has 0 aliphatic heterocycles. The Morgan fingerprint density at radius 1 is 1.05 bits per heavy atom. The number of fused-ring (bicyclic) bond motifs is 1. The topological polar surface area (TPSA) is 111 Å². The summed E-state index contributed by atoms with van der Waals surface area (Å²) in [6, 6.07) is 20.0. The Morgan fingerprint density at radius 3 is 2.62 bits per heavy atom. The van der Waals surface area contributed by atoms with E-state index < -0.39 is 0 Å². The van der Waals surface area contributed by atoms with E-state index in [1.165, 1.54) is 23.1 Å². The van der Waals surface area contributed by atoms with Gasteiger partial charge in [0, 0.05) is 10.6 Å². The summed E-state index contributed by atoms with van der Waals surface area (Å²) in [6.45, 7) is 2.01. The Balaban J connectivity index is 1.33. The predicted molar refractivity (Wildman–Crippen MR) is 154 cm³/mol. The third-order valence-electron chi connectivity index (χ3n) is 5.81. The SMILES string of the molecule is COc1ccc(C(=O)NCc2nnc(SCC(=O)Nc3nc4ccccc4s3)n2-c2cccc(Cl)c2C)cc1. The fourth-order valence-electron chi connectivity index (χ4n) is 3.80. The summed E-state index contributed by atoms with van der Waals surface area (Å²) >= 11 is 9.06. The number of thioether (sulfide) groups is 1. The molecule has 0 radical (unpaired) electrons. The van der Waals surface area contributed by atoms with Crippen LogP contribution >= 0.6 is 34.7 Å². The molecule has 198 valence electrons. The molecule has 2 amide bonds. The average molecular weight is 579 g/mol. The molecule has 2 N–H and O–H groups in total. The van der Waals surface area contributed by atoms with Crippen molar-refractivity contribution in [1.29, 1.82) is 0 Å². The number of thiazole rings is 1. The fourth-order valence-corrected chi connectivity index (χ4v) is 5.62. The van der Waals surface area contributed by atoms with Gasteiger partial charge in [0.25, 0.3) is 5.91 Å². The molecule has 0 bridgehead atoms. The van der Waals surface area contributed by atoms with E-state index in [0.717, 1.165) is 21.5 Å². The first-order valence-corrected chi connectivity index (χ1v) is 14.0. The number of anilines is 1. The molecule has 0 spiro atoms. The number of hydrogen-bond acceptors (Lipinski definition) is 8. The van der Waals surface area contributed by atoms with Crippen LogP contribution in [0, 0.1) is 6.92 Å². The van der Waals surface area contributed by atoms with E-state index in [4.69, 9.17) is 16.3 Å². The highest BCUT2D eigenvalue weighted by molar-refractivity contribution is 7.99. The fraction of sp³-hybridized carbons (Fsp3) is 0.148. The maximum Gasteiger partial charge on any atom is 0.251 e.